The third-order valence-electron chi connectivity index (χ3n) is 5.80. The van der Waals surface area contributed by atoms with E-state index >= 15 is 0 Å². The van der Waals surface area contributed by atoms with Crippen LogP contribution in [0.25, 0.3) is 6.08 Å². The van der Waals surface area contributed by atoms with E-state index in [1.165, 1.54) is 12.1 Å². The van der Waals surface area contributed by atoms with Crippen LogP contribution in [0.1, 0.15) is 36.5 Å². The molecule has 2 aromatic carbocycles. The van der Waals surface area contributed by atoms with E-state index < -0.39 is 23.7 Å². The van der Waals surface area contributed by atoms with Crippen molar-refractivity contribution in [2.24, 2.45) is 0 Å². The molecular formula is C24H24FN3O3. The van der Waals surface area contributed by atoms with Crippen molar-refractivity contribution in [1.29, 1.82) is 0 Å². The Hall–Kier alpha value is -3.48. The summed E-state index contributed by atoms with van der Waals surface area (Å²) >= 11 is 0. The maximum atomic E-state index is 14.8. The Morgan fingerprint density at radius 3 is 2.48 bits per heavy atom. The highest BCUT2D eigenvalue weighted by Gasteiger charge is 2.37. The van der Waals surface area contributed by atoms with Gasteiger partial charge in [0.25, 0.3) is 11.8 Å². The number of carbonyl (C=O) groups excluding carboxylic acids is 3. The van der Waals surface area contributed by atoms with Gasteiger partial charge in [-0.05, 0) is 67.2 Å². The van der Waals surface area contributed by atoms with Gasteiger partial charge in [0.05, 0.1) is 11.4 Å². The van der Waals surface area contributed by atoms with Crippen molar-refractivity contribution in [3.05, 3.63) is 64.5 Å². The number of rotatable bonds is 4. The number of urea groups is 1. The van der Waals surface area contributed by atoms with Gasteiger partial charge in [0, 0.05) is 13.1 Å². The Bertz CT molecular complexity index is 1100. The largest absolute Gasteiger partial charge is 0.369 e. The summed E-state index contributed by atoms with van der Waals surface area (Å²) < 4.78 is 14.8. The van der Waals surface area contributed by atoms with Crippen LogP contribution < -0.4 is 15.1 Å². The summed E-state index contributed by atoms with van der Waals surface area (Å²) in [5, 5.41) is 2.23. The van der Waals surface area contributed by atoms with Gasteiger partial charge in [0.15, 0.2) is 0 Å². The molecule has 2 aliphatic heterocycles. The number of benzene rings is 2. The number of hydrogen-bond donors (Lipinski definition) is 1. The summed E-state index contributed by atoms with van der Waals surface area (Å²) in [5.41, 5.74) is 2.73. The molecule has 0 saturated carbocycles. The second-order valence-electron chi connectivity index (χ2n) is 7.79. The number of hydrogen-bond acceptors (Lipinski definition) is 4. The number of para-hydroxylation sites is 1. The molecule has 4 amide bonds. The van der Waals surface area contributed by atoms with Crippen LogP contribution in [-0.2, 0) is 16.0 Å². The number of amides is 4. The molecule has 0 spiro atoms. The lowest BCUT2D eigenvalue weighted by Crippen LogP contribution is -2.54. The van der Waals surface area contributed by atoms with Gasteiger partial charge in [-0.1, -0.05) is 25.1 Å². The van der Waals surface area contributed by atoms with Crippen LogP contribution in [0.2, 0.25) is 0 Å². The Balaban J connectivity index is 1.73. The number of carbonyl (C=O) groups is 3. The molecule has 2 aromatic rings. The smallest absolute Gasteiger partial charge is 0.335 e. The summed E-state index contributed by atoms with van der Waals surface area (Å²) in [5.74, 6) is -1.91. The SMILES string of the molecule is CCc1ccccc1N1C(=O)NC(=O)/C(=C\c2cc(F)c(N3CCCC3)cc2C)C1=O. The number of barbiturate groups is 1. The van der Waals surface area contributed by atoms with Crippen LogP contribution >= 0.6 is 0 Å². The van der Waals surface area contributed by atoms with Crippen LogP contribution in [-0.4, -0.2) is 30.9 Å². The molecule has 0 bridgehead atoms. The van der Waals surface area contributed by atoms with Gasteiger partial charge in [0.2, 0.25) is 0 Å². The lowest BCUT2D eigenvalue weighted by molar-refractivity contribution is -0.122. The Morgan fingerprint density at radius 2 is 1.77 bits per heavy atom. The number of halogens is 1. The summed E-state index contributed by atoms with van der Waals surface area (Å²) in [6.07, 6.45) is 4.03. The molecule has 0 unspecified atom stereocenters. The molecule has 4 rings (SSSR count). The van der Waals surface area contributed by atoms with Crippen molar-refractivity contribution >= 4 is 35.3 Å². The standard InChI is InChI=1S/C24H24FN3O3/c1-3-16-8-4-5-9-20(16)28-23(30)18(22(29)26-24(28)31)13-17-14-19(25)21(12-15(17)2)27-10-6-7-11-27/h4-5,8-9,12-14H,3,6-7,10-11H2,1-2H3,(H,26,29,31)/b18-13+. The van der Waals surface area contributed by atoms with Crippen LogP contribution in [0.5, 0.6) is 0 Å². The molecule has 2 aliphatic rings. The van der Waals surface area contributed by atoms with E-state index in [-0.39, 0.29) is 5.57 Å². The number of anilines is 2. The molecule has 0 aliphatic carbocycles. The zero-order chi connectivity index (χ0) is 22.1. The first-order valence-corrected chi connectivity index (χ1v) is 10.4. The highest BCUT2D eigenvalue weighted by molar-refractivity contribution is 6.39. The molecule has 2 fully saturated rings. The first kappa shape index (κ1) is 20.8. The maximum Gasteiger partial charge on any atom is 0.335 e. The first-order valence-electron chi connectivity index (χ1n) is 10.4. The minimum Gasteiger partial charge on any atom is -0.369 e. The zero-order valence-electron chi connectivity index (χ0n) is 17.6. The Labute approximate surface area is 180 Å². The van der Waals surface area contributed by atoms with E-state index in [4.69, 9.17) is 0 Å². The molecule has 31 heavy (non-hydrogen) atoms. The van der Waals surface area contributed by atoms with E-state index in [1.807, 2.05) is 30.9 Å². The molecule has 7 heteroatoms. The van der Waals surface area contributed by atoms with E-state index in [2.05, 4.69) is 5.32 Å². The van der Waals surface area contributed by atoms with Gasteiger partial charge < -0.3 is 4.90 Å². The number of nitrogens with one attached hydrogen (secondary N) is 1. The predicted molar refractivity (Wildman–Crippen MR) is 117 cm³/mol. The normalized spacial score (nSPS) is 18.2. The zero-order valence-corrected chi connectivity index (χ0v) is 17.6. The van der Waals surface area contributed by atoms with Crippen molar-refractivity contribution in [2.75, 3.05) is 22.9 Å². The summed E-state index contributed by atoms with van der Waals surface area (Å²) in [4.78, 5) is 41.1. The fraction of sp³-hybridized carbons (Fsp3) is 0.292. The van der Waals surface area contributed by atoms with Gasteiger partial charge in [-0.2, -0.15) is 0 Å². The predicted octanol–water partition coefficient (Wildman–Crippen LogP) is 3.96. The van der Waals surface area contributed by atoms with Crippen molar-refractivity contribution in [1.82, 2.24) is 5.32 Å². The van der Waals surface area contributed by atoms with E-state index in [9.17, 15) is 18.8 Å². The van der Waals surface area contributed by atoms with Crippen LogP contribution in [0.15, 0.2) is 42.0 Å². The monoisotopic (exact) mass is 421 g/mol. The highest BCUT2D eigenvalue weighted by atomic mass is 19.1. The summed E-state index contributed by atoms with van der Waals surface area (Å²) in [7, 11) is 0. The van der Waals surface area contributed by atoms with Gasteiger partial charge >= 0.3 is 6.03 Å². The molecule has 6 nitrogen and oxygen atoms in total. The third kappa shape index (κ3) is 3.83. The summed E-state index contributed by atoms with van der Waals surface area (Å²) in [6.45, 7) is 5.35. The molecule has 2 heterocycles. The second kappa shape index (κ2) is 8.34. The fourth-order valence-electron chi connectivity index (χ4n) is 4.10. The molecule has 160 valence electrons. The first-order chi connectivity index (χ1) is 14.9. The summed E-state index contributed by atoms with van der Waals surface area (Å²) in [6, 6.07) is 9.34. The van der Waals surface area contributed by atoms with Crippen LogP contribution in [0.3, 0.4) is 0 Å². The van der Waals surface area contributed by atoms with Gasteiger partial charge in [-0.3, -0.25) is 14.9 Å². The average molecular weight is 421 g/mol. The molecule has 1 N–H and O–H groups in total. The van der Waals surface area contributed by atoms with E-state index in [0.717, 1.165) is 42.0 Å². The minimum atomic E-state index is -0.791. The Kier molecular flexibility index (Phi) is 5.59. The van der Waals surface area contributed by atoms with E-state index in [1.54, 1.807) is 18.2 Å². The van der Waals surface area contributed by atoms with Crippen molar-refractivity contribution in [3.63, 3.8) is 0 Å². The lowest BCUT2D eigenvalue weighted by Gasteiger charge is -2.28. The molecule has 2 saturated heterocycles. The number of aryl methyl sites for hydroxylation is 2. The number of nitrogens with zero attached hydrogens (tertiary/aromatic N) is 2. The highest BCUT2D eigenvalue weighted by Crippen LogP contribution is 2.30. The molecular weight excluding hydrogens is 397 g/mol. The second-order valence-corrected chi connectivity index (χ2v) is 7.79. The van der Waals surface area contributed by atoms with Crippen molar-refractivity contribution in [3.8, 4) is 0 Å². The average Bonchev–Trinajstić information content (AvgIpc) is 3.28. The topological polar surface area (TPSA) is 69.7 Å². The van der Waals surface area contributed by atoms with Crippen LogP contribution in [0, 0.1) is 12.7 Å². The Morgan fingerprint density at radius 1 is 1.06 bits per heavy atom. The number of imide groups is 2. The molecule has 0 aromatic heterocycles. The van der Waals surface area contributed by atoms with E-state index in [0.29, 0.717) is 23.4 Å². The van der Waals surface area contributed by atoms with Crippen LogP contribution in [0.4, 0.5) is 20.6 Å². The van der Waals surface area contributed by atoms with Crippen molar-refractivity contribution in [2.45, 2.75) is 33.1 Å². The van der Waals surface area contributed by atoms with Gasteiger partial charge in [-0.25, -0.2) is 14.1 Å². The van der Waals surface area contributed by atoms with Crippen molar-refractivity contribution < 1.29 is 18.8 Å². The minimum absolute atomic E-state index is 0.207. The molecule has 0 atom stereocenters. The fourth-order valence-corrected chi connectivity index (χ4v) is 4.10. The molecule has 0 radical (unpaired) electrons. The third-order valence-corrected chi connectivity index (χ3v) is 5.80. The van der Waals surface area contributed by atoms with Gasteiger partial charge in [0.1, 0.15) is 11.4 Å². The maximum absolute atomic E-state index is 14.8. The van der Waals surface area contributed by atoms with Gasteiger partial charge in [-0.15, -0.1) is 0 Å². The quantitative estimate of drug-likeness (QED) is 0.599. The lowest BCUT2D eigenvalue weighted by atomic mass is 10.0.